The summed E-state index contributed by atoms with van der Waals surface area (Å²) in [4.78, 5) is 19.9. The van der Waals surface area contributed by atoms with Crippen LogP contribution < -0.4 is 4.74 Å². The standard InChI is InChI=1S/C26H28N2O4/c1-3-31-26(29)23(30-2)17-18-10-12-19(13-11-18)32-16-6-9-22-24-20(7-4-14-27-24)21-8-5-15-28-25(21)22/h4-5,7-8,10-15,23,27H,3,6,9,16-17H2,1-2H3. The number of esters is 1. The molecule has 0 spiro atoms. The quantitative estimate of drug-likeness (QED) is 0.288. The highest BCUT2D eigenvalue weighted by Crippen LogP contribution is 2.36. The Labute approximate surface area is 187 Å². The SMILES string of the molecule is CCOC(=O)C(Cc1ccc(OCCCc2c3[nH]cccc-3c3cccnc23)cc1)OC. The van der Waals surface area contributed by atoms with Gasteiger partial charge in [-0.25, -0.2) is 4.79 Å². The number of hydrogen-bond donors (Lipinski definition) is 1. The summed E-state index contributed by atoms with van der Waals surface area (Å²) in [7, 11) is 1.52. The number of aryl methyl sites for hydroxylation is 1. The molecule has 0 radical (unpaired) electrons. The summed E-state index contributed by atoms with van der Waals surface area (Å²) in [6.45, 7) is 2.74. The fourth-order valence-electron chi connectivity index (χ4n) is 4.01. The first-order valence-electron chi connectivity index (χ1n) is 10.9. The minimum Gasteiger partial charge on any atom is -0.494 e. The zero-order valence-corrected chi connectivity index (χ0v) is 18.5. The molecule has 2 aliphatic rings. The van der Waals surface area contributed by atoms with Gasteiger partial charge in [-0.3, -0.25) is 4.98 Å². The Balaban J connectivity index is 1.33. The van der Waals surface area contributed by atoms with Crippen LogP contribution in [0.4, 0.5) is 0 Å². The minimum atomic E-state index is -0.596. The monoisotopic (exact) mass is 432 g/mol. The van der Waals surface area contributed by atoms with Crippen LogP contribution in [0.5, 0.6) is 5.75 Å². The van der Waals surface area contributed by atoms with Crippen LogP contribution in [-0.2, 0) is 27.1 Å². The third-order valence-electron chi connectivity index (χ3n) is 5.56. The first-order valence-corrected chi connectivity index (χ1v) is 10.9. The number of ether oxygens (including phenoxy) is 3. The second kappa shape index (κ2) is 10.3. The van der Waals surface area contributed by atoms with Gasteiger partial charge in [0.25, 0.3) is 0 Å². The highest BCUT2D eigenvalue weighted by atomic mass is 16.6. The van der Waals surface area contributed by atoms with E-state index in [2.05, 4.69) is 22.1 Å². The maximum atomic E-state index is 11.9. The molecule has 1 unspecified atom stereocenters. The van der Waals surface area contributed by atoms with Crippen molar-refractivity contribution in [3.05, 3.63) is 72.1 Å². The molecule has 1 aromatic carbocycles. The molecule has 0 amide bonds. The molecule has 2 heterocycles. The molecule has 1 aromatic heterocycles. The van der Waals surface area contributed by atoms with E-state index in [0.29, 0.717) is 19.6 Å². The van der Waals surface area contributed by atoms with Crippen LogP contribution in [0.25, 0.3) is 22.2 Å². The third kappa shape index (κ3) is 4.75. The second-order valence-corrected chi connectivity index (χ2v) is 7.61. The predicted octanol–water partition coefficient (Wildman–Crippen LogP) is 4.80. The van der Waals surface area contributed by atoms with Gasteiger partial charge in [0.2, 0.25) is 0 Å². The van der Waals surface area contributed by atoms with Gasteiger partial charge in [0.1, 0.15) is 5.75 Å². The largest absolute Gasteiger partial charge is 0.494 e. The molecule has 0 bridgehead atoms. The highest BCUT2D eigenvalue weighted by molar-refractivity contribution is 6.02. The van der Waals surface area contributed by atoms with Gasteiger partial charge in [-0.1, -0.05) is 24.3 Å². The van der Waals surface area contributed by atoms with Crippen molar-refractivity contribution in [1.82, 2.24) is 9.97 Å². The van der Waals surface area contributed by atoms with Gasteiger partial charge in [0.15, 0.2) is 6.10 Å². The van der Waals surface area contributed by atoms with E-state index in [4.69, 9.17) is 14.2 Å². The molecular weight excluding hydrogens is 404 g/mol. The average Bonchev–Trinajstić information content (AvgIpc) is 3.15. The third-order valence-corrected chi connectivity index (χ3v) is 5.56. The molecule has 6 heteroatoms. The topological polar surface area (TPSA) is 73.4 Å². The van der Waals surface area contributed by atoms with Gasteiger partial charge in [0, 0.05) is 42.4 Å². The van der Waals surface area contributed by atoms with Gasteiger partial charge in [-0.2, -0.15) is 0 Å². The molecule has 0 saturated carbocycles. The maximum absolute atomic E-state index is 11.9. The smallest absolute Gasteiger partial charge is 0.335 e. The molecule has 0 saturated heterocycles. The van der Waals surface area contributed by atoms with E-state index < -0.39 is 6.10 Å². The Morgan fingerprint density at radius 3 is 2.75 bits per heavy atom. The Kier molecular flexibility index (Phi) is 7.02. The number of aromatic nitrogens is 2. The van der Waals surface area contributed by atoms with Crippen LogP contribution >= 0.6 is 0 Å². The molecule has 4 rings (SSSR count). The number of fused-ring (bicyclic) bond motifs is 3. The number of nitrogens with zero attached hydrogens (tertiary/aromatic N) is 1. The lowest BCUT2D eigenvalue weighted by Gasteiger charge is -2.14. The van der Waals surface area contributed by atoms with Crippen molar-refractivity contribution < 1.29 is 19.0 Å². The average molecular weight is 433 g/mol. The van der Waals surface area contributed by atoms with Gasteiger partial charge in [0.05, 0.1) is 24.4 Å². The maximum Gasteiger partial charge on any atom is 0.335 e. The zero-order chi connectivity index (χ0) is 22.3. The van der Waals surface area contributed by atoms with E-state index in [9.17, 15) is 4.79 Å². The molecule has 1 atom stereocenters. The number of aromatic amines is 1. The highest BCUT2D eigenvalue weighted by Gasteiger charge is 2.20. The molecule has 6 nitrogen and oxygen atoms in total. The van der Waals surface area contributed by atoms with Crippen LogP contribution in [0.15, 0.2) is 60.9 Å². The number of carbonyl (C=O) groups is 1. The van der Waals surface area contributed by atoms with Gasteiger partial charge in [-0.15, -0.1) is 0 Å². The van der Waals surface area contributed by atoms with Crippen molar-refractivity contribution in [2.75, 3.05) is 20.3 Å². The minimum absolute atomic E-state index is 0.338. The van der Waals surface area contributed by atoms with Crippen LogP contribution in [0.3, 0.4) is 0 Å². The van der Waals surface area contributed by atoms with Crippen LogP contribution in [0, 0.1) is 0 Å². The zero-order valence-electron chi connectivity index (χ0n) is 18.5. The van der Waals surface area contributed by atoms with Gasteiger partial charge >= 0.3 is 5.97 Å². The van der Waals surface area contributed by atoms with Crippen molar-refractivity contribution in [2.45, 2.75) is 32.3 Å². The summed E-state index contributed by atoms with van der Waals surface area (Å²) >= 11 is 0. The number of methoxy groups -OCH3 is 1. The molecule has 0 fully saturated rings. The van der Waals surface area contributed by atoms with Crippen molar-refractivity contribution in [3.63, 3.8) is 0 Å². The lowest BCUT2D eigenvalue weighted by atomic mass is 10.1. The molecule has 1 aliphatic heterocycles. The Bertz CT molecular complexity index is 1140. The fraction of sp³-hybridized carbons (Fsp3) is 0.308. The summed E-state index contributed by atoms with van der Waals surface area (Å²) in [5, 5.41) is 1.18. The van der Waals surface area contributed by atoms with Crippen molar-refractivity contribution in [2.24, 2.45) is 0 Å². The number of pyridine rings is 2. The van der Waals surface area contributed by atoms with Crippen LogP contribution in [0.2, 0.25) is 0 Å². The van der Waals surface area contributed by atoms with Gasteiger partial charge in [-0.05, 0) is 49.6 Å². The fourth-order valence-corrected chi connectivity index (χ4v) is 4.01. The van der Waals surface area contributed by atoms with E-state index in [1.54, 1.807) is 6.92 Å². The lowest BCUT2D eigenvalue weighted by molar-refractivity contribution is -0.154. The molecule has 32 heavy (non-hydrogen) atoms. The number of hydrogen-bond acceptors (Lipinski definition) is 5. The van der Waals surface area contributed by atoms with Crippen molar-refractivity contribution in [1.29, 1.82) is 0 Å². The molecule has 166 valence electrons. The Morgan fingerprint density at radius 1 is 1.12 bits per heavy atom. The summed E-state index contributed by atoms with van der Waals surface area (Å²) in [6, 6.07) is 16.0. The van der Waals surface area contributed by atoms with E-state index in [1.807, 2.05) is 48.8 Å². The van der Waals surface area contributed by atoms with E-state index >= 15 is 0 Å². The number of carbonyl (C=O) groups excluding carboxylic acids is 1. The summed E-state index contributed by atoms with van der Waals surface area (Å²) < 4.78 is 16.3. The van der Waals surface area contributed by atoms with E-state index in [0.717, 1.165) is 35.4 Å². The van der Waals surface area contributed by atoms with Crippen molar-refractivity contribution >= 4 is 16.9 Å². The van der Waals surface area contributed by atoms with E-state index in [1.165, 1.54) is 23.6 Å². The Hall–Kier alpha value is -3.38. The molecule has 2 aromatic rings. The molecular formula is C26H28N2O4. The number of nitrogens with one attached hydrogen (secondary N) is 1. The predicted molar refractivity (Wildman–Crippen MR) is 124 cm³/mol. The summed E-state index contributed by atoms with van der Waals surface area (Å²) in [5.41, 5.74) is 5.65. The molecule has 1 N–H and O–H groups in total. The van der Waals surface area contributed by atoms with Crippen molar-refractivity contribution in [3.8, 4) is 17.0 Å². The van der Waals surface area contributed by atoms with Crippen LogP contribution in [0.1, 0.15) is 24.5 Å². The first-order chi connectivity index (χ1) is 15.7. The van der Waals surface area contributed by atoms with E-state index in [-0.39, 0.29) is 5.97 Å². The number of rotatable bonds is 10. The lowest BCUT2D eigenvalue weighted by Crippen LogP contribution is -2.27. The molecule has 1 aliphatic carbocycles. The number of benzene rings is 1. The summed E-state index contributed by atoms with van der Waals surface area (Å²) in [6.07, 6.45) is 5.43. The van der Waals surface area contributed by atoms with Crippen LogP contribution in [-0.4, -0.2) is 42.4 Å². The normalized spacial score (nSPS) is 12.2. The van der Waals surface area contributed by atoms with Gasteiger partial charge < -0.3 is 19.2 Å². The Morgan fingerprint density at radius 2 is 1.97 bits per heavy atom. The first kappa shape index (κ1) is 21.8. The summed E-state index contributed by atoms with van der Waals surface area (Å²) in [5.74, 6) is 0.468. The second-order valence-electron chi connectivity index (χ2n) is 7.61. The number of H-pyrrole nitrogens is 1.